The van der Waals surface area contributed by atoms with Gasteiger partial charge in [-0.2, -0.15) is 0 Å². The van der Waals surface area contributed by atoms with Crippen molar-refractivity contribution in [2.24, 2.45) is 11.7 Å². The van der Waals surface area contributed by atoms with Gasteiger partial charge in [-0.3, -0.25) is 4.90 Å². The van der Waals surface area contributed by atoms with Crippen LogP contribution < -0.4 is 10.6 Å². The zero-order valence-electron chi connectivity index (χ0n) is 11.0. The first kappa shape index (κ1) is 12.4. The molecule has 1 saturated carbocycles. The van der Waals surface area contributed by atoms with Crippen molar-refractivity contribution in [2.75, 3.05) is 37.6 Å². The summed E-state index contributed by atoms with van der Waals surface area (Å²) in [4.78, 5) is 10.7. The molecule has 0 bridgehead atoms. The van der Waals surface area contributed by atoms with Crippen molar-refractivity contribution in [3.8, 4) is 0 Å². The van der Waals surface area contributed by atoms with Crippen molar-refractivity contribution in [2.45, 2.75) is 25.8 Å². The molecule has 2 N–H and O–H groups in total. The summed E-state index contributed by atoms with van der Waals surface area (Å²) in [6, 6.07) is 0.104. The quantitative estimate of drug-likeness (QED) is 0.901. The first-order valence-corrected chi connectivity index (χ1v) is 7.72. The maximum Gasteiger partial charge on any atom is 0.185 e. The zero-order chi connectivity index (χ0) is 12.5. The first-order chi connectivity index (χ1) is 8.72. The third-order valence-electron chi connectivity index (χ3n) is 3.82. The van der Waals surface area contributed by atoms with Crippen LogP contribution in [-0.2, 0) is 0 Å². The Morgan fingerprint density at radius 3 is 2.67 bits per heavy atom. The van der Waals surface area contributed by atoms with Crippen LogP contribution in [0, 0.1) is 5.92 Å². The summed E-state index contributed by atoms with van der Waals surface area (Å²) in [7, 11) is 0. The number of aromatic nitrogens is 1. The average molecular weight is 266 g/mol. The highest BCUT2D eigenvalue weighted by molar-refractivity contribution is 7.15. The lowest BCUT2D eigenvalue weighted by atomic mass is 10.3. The van der Waals surface area contributed by atoms with Crippen LogP contribution in [0.15, 0.2) is 6.20 Å². The molecule has 18 heavy (non-hydrogen) atoms. The lowest BCUT2D eigenvalue weighted by Gasteiger charge is -2.34. The second-order valence-corrected chi connectivity index (χ2v) is 6.61. The lowest BCUT2D eigenvalue weighted by molar-refractivity contribution is 0.248. The smallest absolute Gasteiger partial charge is 0.185 e. The van der Waals surface area contributed by atoms with Gasteiger partial charge in [-0.05, 0) is 25.7 Å². The largest absolute Gasteiger partial charge is 0.346 e. The molecule has 4 nitrogen and oxygen atoms in total. The van der Waals surface area contributed by atoms with E-state index in [1.807, 2.05) is 13.1 Å². The van der Waals surface area contributed by atoms with E-state index in [0.29, 0.717) is 0 Å². The second kappa shape index (κ2) is 5.15. The van der Waals surface area contributed by atoms with E-state index in [2.05, 4.69) is 14.8 Å². The number of rotatable bonds is 4. The summed E-state index contributed by atoms with van der Waals surface area (Å²) in [5.74, 6) is 1.00. The minimum atomic E-state index is 0.104. The van der Waals surface area contributed by atoms with Crippen LogP contribution in [0.3, 0.4) is 0 Å². The molecule has 3 rings (SSSR count). The Kier molecular flexibility index (Phi) is 3.54. The van der Waals surface area contributed by atoms with Crippen LogP contribution in [-0.4, -0.2) is 42.6 Å². The number of nitrogens with zero attached hydrogens (tertiary/aromatic N) is 3. The Bertz CT molecular complexity index is 391. The fraction of sp³-hybridized carbons (Fsp3) is 0.769. The van der Waals surface area contributed by atoms with Gasteiger partial charge in [-0.1, -0.05) is 0 Å². The van der Waals surface area contributed by atoms with Gasteiger partial charge in [0.25, 0.3) is 0 Å². The molecule has 1 aromatic heterocycles. The number of anilines is 1. The Hall–Kier alpha value is -0.650. The summed E-state index contributed by atoms with van der Waals surface area (Å²) in [6.45, 7) is 7.92. The third kappa shape index (κ3) is 2.84. The summed E-state index contributed by atoms with van der Waals surface area (Å²) in [5.41, 5.74) is 5.88. The van der Waals surface area contributed by atoms with Gasteiger partial charge in [-0.15, -0.1) is 11.3 Å². The monoisotopic (exact) mass is 266 g/mol. The molecule has 1 saturated heterocycles. The van der Waals surface area contributed by atoms with E-state index in [0.717, 1.165) is 24.1 Å². The molecule has 2 heterocycles. The summed E-state index contributed by atoms with van der Waals surface area (Å²) in [5, 5.41) is 1.15. The fourth-order valence-electron chi connectivity index (χ4n) is 2.42. The molecule has 0 aromatic carbocycles. The molecule has 2 aliphatic rings. The average Bonchev–Trinajstić information content (AvgIpc) is 3.04. The van der Waals surface area contributed by atoms with Crippen molar-refractivity contribution >= 4 is 16.5 Å². The number of hydrogen-bond donors (Lipinski definition) is 1. The molecule has 1 aliphatic carbocycles. The van der Waals surface area contributed by atoms with Gasteiger partial charge >= 0.3 is 0 Å². The Morgan fingerprint density at radius 1 is 1.39 bits per heavy atom. The number of piperazine rings is 1. The van der Waals surface area contributed by atoms with Gasteiger partial charge in [0.05, 0.1) is 0 Å². The van der Waals surface area contributed by atoms with E-state index < -0.39 is 0 Å². The standard InChI is InChI=1S/C13H22N4S/c1-10(14)12-8-15-13(18-12)17-6-4-16(5-7-17)9-11-2-3-11/h8,10-11H,2-7,9,14H2,1H3. The molecule has 0 radical (unpaired) electrons. The van der Waals surface area contributed by atoms with Crippen molar-refractivity contribution in [1.82, 2.24) is 9.88 Å². The van der Waals surface area contributed by atoms with E-state index in [1.54, 1.807) is 11.3 Å². The van der Waals surface area contributed by atoms with Gasteiger partial charge in [-0.25, -0.2) is 4.98 Å². The van der Waals surface area contributed by atoms with Crippen molar-refractivity contribution in [3.05, 3.63) is 11.1 Å². The predicted molar refractivity (Wildman–Crippen MR) is 76.1 cm³/mol. The normalized spacial score (nSPS) is 23.3. The number of hydrogen-bond acceptors (Lipinski definition) is 5. The minimum absolute atomic E-state index is 0.104. The zero-order valence-corrected chi connectivity index (χ0v) is 11.8. The van der Waals surface area contributed by atoms with E-state index in [9.17, 15) is 0 Å². The summed E-state index contributed by atoms with van der Waals surface area (Å²) >= 11 is 1.75. The number of nitrogens with two attached hydrogens (primary N) is 1. The highest BCUT2D eigenvalue weighted by Crippen LogP contribution is 2.31. The molecule has 100 valence electrons. The SMILES string of the molecule is CC(N)c1cnc(N2CCN(CC3CC3)CC2)s1. The summed E-state index contributed by atoms with van der Waals surface area (Å²) < 4.78 is 0. The van der Waals surface area contributed by atoms with Crippen LogP contribution in [0.2, 0.25) is 0 Å². The predicted octanol–water partition coefficient (Wildman–Crippen LogP) is 1.69. The molecule has 1 aliphatic heterocycles. The Morgan fingerprint density at radius 2 is 2.11 bits per heavy atom. The highest BCUT2D eigenvalue weighted by Gasteiger charge is 2.27. The molecule has 1 aromatic rings. The van der Waals surface area contributed by atoms with Crippen LogP contribution >= 0.6 is 11.3 Å². The van der Waals surface area contributed by atoms with Crippen molar-refractivity contribution < 1.29 is 0 Å². The molecular formula is C13H22N4S. The molecule has 1 unspecified atom stereocenters. The van der Waals surface area contributed by atoms with Gasteiger partial charge in [0.15, 0.2) is 5.13 Å². The van der Waals surface area contributed by atoms with Crippen molar-refractivity contribution in [1.29, 1.82) is 0 Å². The molecule has 5 heteroatoms. The fourth-order valence-corrected chi connectivity index (χ4v) is 3.34. The van der Waals surface area contributed by atoms with Gasteiger partial charge in [0, 0.05) is 49.8 Å². The van der Waals surface area contributed by atoms with E-state index >= 15 is 0 Å². The lowest BCUT2D eigenvalue weighted by Crippen LogP contribution is -2.47. The summed E-state index contributed by atoms with van der Waals surface area (Å²) in [6.07, 6.45) is 4.83. The Labute approximate surface area is 113 Å². The molecule has 0 amide bonds. The highest BCUT2D eigenvalue weighted by atomic mass is 32.1. The molecule has 2 fully saturated rings. The van der Waals surface area contributed by atoms with E-state index in [-0.39, 0.29) is 6.04 Å². The van der Waals surface area contributed by atoms with Crippen LogP contribution in [0.1, 0.15) is 30.7 Å². The molecule has 1 atom stereocenters. The number of thiazole rings is 1. The third-order valence-corrected chi connectivity index (χ3v) is 5.08. The van der Waals surface area contributed by atoms with E-state index in [4.69, 9.17) is 5.73 Å². The maximum atomic E-state index is 5.88. The van der Waals surface area contributed by atoms with Gasteiger partial charge in [0.1, 0.15) is 0 Å². The molecule has 0 spiro atoms. The second-order valence-electron chi connectivity index (χ2n) is 5.56. The molecular weight excluding hydrogens is 244 g/mol. The van der Waals surface area contributed by atoms with Gasteiger partial charge < -0.3 is 10.6 Å². The van der Waals surface area contributed by atoms with Gasteiger partial charge in [0.2, 0.25) is 0 Å². The first-order valence-electron chi connectivity index (χ1n) is 6.91. The van der Waals surface area contributed by atoms with Crippen LogP contribution in [0.25, 0.3) is 0 Å². The Balaban J connectivity index is 1.54. The van der Waals surface area contributed by atoms with E-state index in [1.165, 1.54) is 37.4 Å². The van der Waals surface area contributed by atoms with Crippen LogP contribution in [0.4, 0.5) is 5.13 Å². The topological polar surface area (TPSA) is 45.4 Å². The van der Waals surface area contributed by atoms with Crippen LogP contribution in [0.5, 0.6) is 0 Å². The maximum absolute atomic E-state index is 5.88. The van der Waals surface area contributed by atoms with Crippen molar-refractivity contribution in [3.63, 3.8) is 0 Å². The minimum Gasteiger partial charge on any atom is -0.346 e.